The van der Waals surface area contributed by atoms with Crippen LogP contribution in [0.2, 0.25) is 0 Å². The molecule has 0 radical (unpaired) electrons. The molecule has 6 heteroatoms. The van der Waals surface area contributed by atoms with Gasteiger partial charge in [0, 0.05) is 11.8 Å². The van der Waals surface area contributed by atoms with Crippen molar-refractivity contribution in [3.8, 4) is 0 Å². The molecule has 0 saturated carbocycles. The van der Waals surface area contributed by atoms with Crippen molar-refractivity contribution in [1.82, 2.24) is 15.5 Å². The fourth-order valence-electron chi connectivity index (χ4n) is 2.15. The number of aliphatic hydroxyl groups is 1. The minimum atomic E-state index is -1.17. The Morgan fingerprint density at radius 2 is 2.06 bits per heavy atom. The Kier molecular flexibility index (Phi) is 2.31. The van der Waals surface area contributed by atoms with E-state index in [-0.39, 0.29) is 5.91 Å². The third kappa shape index (κ3) is 1.54. The van der Waals surface area contributed by atoms with Gasteiger partial charge >= 0.3 is 6.03 Å². The Bertz CT molecular complexity index is 567. The van der Waals surface area contributed by atoms with Crippen LogP contribution in [0.1, 0.15) is 15.9 Å². The lowest BCUT2D eigenvalue weighted by atomic mass is 10.1. The highest BCUT2D eigenvalue weighted by atomic mass is 16.3. The number of urea groups is 1. The first kappa shape index (κ1) is 10.8. The number of aliphatic hydroxyl groups excluding tert-OH is 1. The van der Waals surface area contributed by atoms with E-state index in [1.807, 2.05) is 12.1 Å². The van der Waals surface area contributed by atoms with Gasteiger partial charge in [0.2, 0.25) is 0 Å². The Labute approximate surface area is 103 Å². The number of amides is 3. The van der Waals surface area contributed by atoms with Crippen LogP contribution in [0.4, 0.5) is 4.79 Å². The van der Waals surface area contributed by atoms with Gasteiger partial charge < -0.3 is 20.6 Å². The molecule has 1 aromatic rings. The molecule has 2 aliphatic heterocycles. The first-order chi connectivity index (χ1) is 8.66. The van der Waals surface area contributed by atoms with Gasteiger partial charge in [-0.15, -0.1) is 0 Å². The number of hydrogen-bond donors (Lipinski definition) is 3. The van der Waals surface area contributed by atoms with Gasteiger partial charge in [0.1, 0.15) is 0 Å². The highest BCUT2D eigenvalue weighted by Crippen LogP contribution is 2.27. The topological polar surface area (TPSA) is 81.7 Å². The highest BCUT2D eigenvalue weighted by molar-refractivity contribution is 5.99. The number of rotatable bonds is 1. The second kappa shape index (κ2) is 3.85. The third-order valence-corrected chi connectivity index (χ3v) is 3.03. The summed E-state index contributed by atoms with van der Waals surface area (Å²) in [6.45, 7) is 0.398. The molecule has 3 amide bonds. The summed E-state index contributed by atoms with van der Waals surface area (Å²) in [5.74, 6) is -0.172. The Balaban J connectivity index is 1.93. The predicted molar refractivity (Wildman–Crippen MR) is 62.1 cm³/mol. The fourth-order valence-corrected chi connectivity index (χ4v) is 2.15. The Hall–Kier alpha value is -2.34. The van der Waals surface area contributed by atoms with Gasteiger partial charge in [-0.2, -0.15) is 0 Å². The third-order valence-electron chi connectivity index (χ3n) is 3.03. The minimum absolute atomic E-state index is 0.172. The summed E-state index contributed by atoms with van der Waals surface area (Å²) in [4.78, 5) is 24.6. The van der Waals surface area contributed by atoms with Gasteiger partial charge in [-0.1, -0.05) is 18.2 Å². The molecule has 0 saturated heterocycles. The summed E-state index contributed by atoms with van der Waals surface area (Å²) in [6, 6.07) is 6.79. The van der Waals surface area contributed by atoms with E-state index in [9.17, 15) is 14.7 Å². The van der Waals surface area contributed by atoms with Gasteiger partial charge in [-0.3, -0.25) is 4.79 Å². The molecule has 0 aromatic heterocycles. The smallest absolute Gasteiger partial charge is 0.321 e. The van der Waals surface area contributed by atoms with Crippen LogP contribution in [-0.2, 0) is 6.54 Å². The summed E-state index contributed by atoms with van der Waals surface area (Å²) in [5.41, 5.74) is 1.88. The number of nitrogens with one attached hydrogen (secondary N) is 2. The van der Waals surface area contributed by atoms with Crippen LogP contribution in [0, 0.1) is 0 Å². The molecule has 1 atom stereocenters. The van der Waals surface area contributed by atoms with Gasteiger partial charge in [0.05, 0.1) is 12.2 Å². The average Bonchev–Trinajstić information content (AvgIpc) is 2.68. The molecule has 2 heterocycles. The van der Waals surface area contributed by atoms with Crippen molar-refractivity contribution < 1.29 is 14.7 Å². The largest absolute Gasteiger partial charge is 0.368 e. The zero-order chi connectivity index (χ0) is 12.7. The number of hydrogen-bond acceptors (Lipinski definition) is 3. The molecule has 0 spiro atoms. The second-order valence-electron chi connectivity index (χ2n) is 4.14. The maximum atomic E-state index is 12.2. The van der Waals surface area contributed by atoms with E-state index in [0.717, 1.165) is 5.56 Å². The first-order valence-electron chi connectivity index (χ1n) is 5.52. The molecule has 92 valence electrons. The van der Waals surface area contributed by atoms with E-state index in [0.29, 0.717) is 17.8 Å². The molecule has 1 aromatic carbocycles. The van der Waals surface area contributed by atoms with E-state index in [1.54, 1.807) is 12.1 Å². The van der Waals surface area contributed by atoms with Gasteiger partial charge in [-0.25, -0.2) is 4.79 Å². The summed E-state index contributed by atoms with van der Waals surface area (Å²) >= 11 is 0. The summed E-state index contributed by atoms with van der Waals surface area (Å²) in [5, 5.41) is 14.5. The standard InChI is InChI=1S/C12H11N3O3/c16-10-9(5-13-12(18)14-10)15-6-7-3-1-2-4-8(7)11(15)17/h1-5,10,16H,6H2,(H2,13,14,18). The van der Waals surface area contributed by atoms with Crippen LogP contribution >= 0.6 is 0 Å². The minimum Gasteiger partial charge on any atom is -0.368 e. The lowest BCUT2D eigenvalue weighted by molar-refractivity contribution is 0.0733. The van der Waals surface area contributed by atoms with Crippen LogP contribution in [0.3, 0.4) is 0 Å². The maximum Gasteiger partial charge on any atom is 0.321 e. The van der Waals surface area contributed by atoms with Crippen LogP contribution in [0.25, 0.3) is 0 Å². The molecule has 1 unspecified atom stereocenters. The van der Waals surface area contributed by atoms with E-state index in [1.165, 1.54) is 11.1 Å². The lowest BCUT2D eigenvalue weighted by Crippen LogP contribution is -2.49. The zero-order valence-electron chi connectivity index (χ0n) is 9.38. The number of carbonyl (C=O) groups is 2. The Morgan fingerprint density at radius 3 is 2.78 bits per heavy atom. The monoisotopic (exact) mass is 245 g/mol. The van der Waals surface area contributed by atoms with Crippen molar-refractivity contribution in [2.24, 2.45) is 0 Å². The normalized spacial score (nSPS) is 22.2. The van der Waals surface area contributed by atoms with Gasteiger partial charge in [-0.05, 0) is 11.6 Å². The van der Waals surface area contributed by atoms with E-state index < -0.39 is 12.3 Å². The molecular formula is C12H11N3O3. The number of fused-ring (bicyclic) bond motifs is 1. The molecule has 2 aliphatic rings. The van der Waals surface area contributed by atoms with Crippen molar-refractivity contribution in [2.75, 3.05) is 0 Å². The lowest BCUT2D eigenvalue weighted by Gasteiger charge is -2.27. The van der Waals surface area contributed by atoms with Crippen molar-refractivity contribution in [2.45, 2.75) is 12.8 Å². The summed E-state index contributed by atoms with van der Waals surface area (Å²) < 4.78 is 0. The molecule has 6 nitrogen and oxygen atoms in total. The average molecular weight is 245 g/mol. The molecule has 0 bridgehead atoms. The van der Waals surface area contributed by atoms with Crippen LogP contribution in [0.15, 0.2) is 36.2 Å². The molecule has 3 rings (SSSR count). The molecule has 3 N–H and O–H groups in total. The highest BCUT2D eigenvalue weighted by Gasteiger charge is 2.34. The van der Waals surface area contributed by atoms with Crippen LogP contribution in [0.5, 0.6) is 0 Å². The predicted octanol–water partition coefficient (Wildman–Crippen LogP) is 0.115. The second-order valence-corrected chi connectivity index (χ2v) is 4.14. The SMILES string of the molecule is O=C1NC=C(N2Cc3ccccc3C2=O)C(O)N1. The summed E-state index contributed by atoms with van der Waals surface area (Å²) in [6.07, 6.45) is 0.185. The molecular weight excluding hydrogens is 234 g/mol. The first-order valence-corrected chi connectivity index (χ1v) is 5.52. The van der Waals surface area contributed by atoms with E-state index in [2.05, 4.69) is 10.6 Å². The molecule has 18 heavy (non-hydrogen) atoms. The van der Waals surface area contributed by atoms with E-state index >= 15 is 0 Å². The van der Waals surface area contributed by atoms with Crippen LogP contribution in [-0.4, -0.2) is 28.2 Å². The number of nitrogens with zero attached hydrogens (tertiary/aromatic N) is 1. The quantitative estimate of drug-likeness (QED) is 0.657. The Morgan fingerprint density at radius 1 is 1.28 bits per heavy atom. The van der Waals surface area contributed by atoms with E-state index in [4.69, 9.17) is 0 Å². The van der Waals surface area contributed by atoms with Gasteiger partial charge in [0.25, 0.3) is 5.91 Å². The number of carbonyl (C=O) groups excluding carboxylic acids is 2. The summed E-state index contributed by atoms with van der Waals surface area (Å²) in [7, 11) is 0. The van der Waals surface area contributed by atoms with Crippen LogP contribution < -0.4 is 10.6 Å². The van der Waals surface area contributed by atoms with Gasteiger partial charge in [0.15, 0.2) is 6.23 Å². The van der Waals surface area contributed by atoms with Crippen molar-refractivity contribution in [1.29, 1.82) is 0 Å². The van der Waals surface area contributed by atoms with Crippen molar-refractivity contribution in [3.05, 3.63) is 47.3 Å². The maximum absolute atomic E-state index is 12.2. The van der Waals surface area contributed by atoms with Crippen molar-refractivity contribution in [3.63, 3.8) is 0 Å². The zero-order valence-corrected chi connectivity index (χ0v) is 9.38. The number of benzene rings is 1. The molecule has 0 fully saturated rings. The fraction of sp³-hybridized carbons (Fsp3) is 0.167. The van der Waals surface area contributed by atoms with Crippen molar-refractivity contribution >= 4 is 11.9 Å². The molecule has 0 aliphatic carbocycles.